The molecule has 30 heavy (non-hydrogen) atoms. The molecule has 0 atom stereocenters. The second kappa shape index (κ2) is 7.42. The van der Waals surface area contributed by atoms with Gasteiger partial charge in [-0.25, -0.2) is 4.98 Å². The second-order valence-corrected chi connectivity index (χ2v) is 7.76. The molecule has 3 aromatic heterocycles. The van der Waals surface area contributed by atoms with Crippen LogP contribution in [-0.2, 0) is 12.8 Å². The first-order valence-electron chi connectivity index (χ1n) is 9.42. The van der Waals surface area contributed by atoms with E-state index in [4.69, 9.17) is 4.42 Å². The Morgan fingerprint density at radius 2 is 2.07 bits per heavy atom. The number of nitrogens with zero attached hydrogens (tertiary/aromatic N) is 3. The highest BCUT2D eigenvalue weighted by Gasteiger charge is 2.22. The molecule has 0 radical (unpaired) electrons. The molecule has 0 fully saturated rings. The minimum Gasteiger partial charge on any atom is -0.463 e. The molecule has 0 saturated heterocycles. The molecule has 1 aliphatic carbocycles. The maximum Gasteiger partial charge on any atom is 0.257 e. The number of anilines is 1. The van der Waals surface area contributed by atoms with Gasteiger partial charge in [0, 0.05) is 16.1 Å². The lowest BCUT2D eigenvalue weighted by atomic mass is 10.2. The highest BCUT2D eigenvalue weighted by molar-refractivity contribution is 9.10. The summed E-state index contributed by atoms with van der Waals surface area (Å²) in [7, 11) is 0. The van der Waals surface area contributed by atoms with Crippen molar-refractivity contribution in [2.24, 2.45) is 0 Å². The van der Waals surface area contributed by atoms with Gasteiger partial charge in [-0.15, -0.1) is 0 Å². The van der Waals surface area contributed by atoms with Crippen molar-refractivity contribution in [3.8, 4) is 17.4 Å². The minimum absolute atomic E-state index is 0.175. The van der Waals surface area contributed by atoms with Crippen molar-refractivity contribution < 1.29 is 9.21 Å². The van der Waals surface area contributed by atoms with Crippen LogP contribution in [-0.4, -0.2) is 25.7 Å². The number of rotatable bonds is 4. The van der Waals surface area contributed by atoms with Gasteiger partial charge in [0.25, 0.3) is 11.5 Å². The molecule has 3 heterocycles. The average molecular weight is 466 g/mol. The quantitative estimate of drug-likeness (QED) is 0.477. The van der Waals surface area contributed by atoms with Gasteiger partial charge in [0.05, 0.1) is 17.5 Å². The first-order valence-corrected chi connectivity index (χ1v) is 10.2. The molecule has 0 bridgehead atoms. The first-order chi connectivity index (χ1) is 14.6. The Morgan fingerprint density at radius 1 is 1.20 bits per heavy atom. The third-order valence-electron chi connectivity index (χ3n) is 4.97. The molecule has 4 aromatic rings. The third kappa shape index (κ3) is 3.26. The van der Waals surface area contributed by atoms with Crippen LogP contribution < -0.4 is 10.9 Å². The van der Waals surface area contributed by atoms with Crippen molar-refractivity contribution in [3.63, 3.8) is 0 Å². The lowest BCUT2D eigenvalue weighted by Crippen LogP contribution is -2.21. The number of nitrogens with one attached hydrogen (secondary N) is 2. The largest absolute Gasteiger partial charge is 0.463 e. The number of hydrogen-bond donors (Lipinski definition) is 2. The summed E-state index contributed by atoms with van der Waals surface area (Å²) in [5.74, 6) is 0.830. The first kappa shape index (κ1) is 18.6. The Hall–Kier alpha value is -3.46. The maximum atomic E-state index is 12.9. The van der Waals surface area contributed by atoms with Gasteiger partial charge in [0.2, 0.25) is 5.95 Å². The average Bonchev–Trinajstić information content (AvgIpc) is 3.48. The zero-order valence-electron chi connectivity index (χ0n) is 15.7. The second-order valence-electron chi connectivity index (χ2n) is 6.91. The SMILES string of the molecule is O=C(Nc1cc(-c2ccco2)nn1-c1nc2c(c(=O)[nH]1)CCC2)c1ccccc1Br. The van der Waals surface area contributed by atoms with E-state index in [9.17, 15) is 9.59 Å². The molecule has 1 aliphatic rings. The summed E-state index contributed by atoms with van der Waals surface area (Å²) in [6.45, 7) is 0. The van der Waals surface area contributed by atoms with E-state index in [1.54, 1.807) is 42.7 Å². The van der Waals surface area contributed by atoms with Crippen LogP contribution in [0.15, 0.2) is 62.4 Å². The van der Waals surface area contributed by atoms with E-state index in [0.29, 0.717) is 27.3 Å². The van der Waals surface area contributed by atoms with Crippen molar-refractivity contribution in [1.29, 1.82) is 0 Å². The van der Waals surface area contributed by atoms with Gasteiger partial charge in [-0.3, -0.25) is 14.6 Å². The zero-order valence-corrected chi connectivity index (χ0v) is 17.3. The molecular formula is C21H16BrN5O3. The number of aromatic nitrogens is 4. The molecule has 0 unspecified atom stereocenters. The third-order valence-corrected chi connectivity index (χ3v) is 5.66. The van der Waals surface area contributed by atoms with Crippen LogP contribution >= 0.6 is 15.9 Å². The molecule has 5 rings (SSSR count). The number of aromatic amines is 1. The van der Waals surface area contributed by atoms with Crippen LogP contribution in [0.3, 0.4) is 0 Å². The van der Waals surface area contributed by atoms with Crippen LogP contribution in [0, 0.1) is 0 Å². The number of carbonyl (C=O) groups is 1. The maximum absolute atomic E-state index is 12.9. The molecule has 1 amide bonds. The monoisotopic (exact) mass is 465 g/mol. The number of halogens is 1. The topological polar surface area (TPSA) is 106 Å². The molecular weight excluding hydrogens is 450 g/mol. The molecule has 0 aliphatic heterocycles. The van der Waals surface area contributed by atoms with E-state index in [-0.39, 0.29) is 17.4 Å². The van der Waals surface area contributed by atoms with Crippen LogP contribution in [0.25, 0.3) is 17.4 Å². The summed E-state index contributed by atoms with van der Waals surface area (Å²) in [6.07, 6.45) is 3.91. The van der Waals surface area contributed by atoms with Gasteiger partial charge in [0.15, 0.2) is 5.76 Å². The smallest absolute Gasteiger partial charge is 0.257 e. The number of fused-ring (bicyclic) bond motifs is 1. The molecule has 0 spiro atoms. The summed E-state index contributed by atoms with van der Waals surface area (Å²) >= 11 is 3.40. The molecule has 1 aromatic carbocycles. The normalized spacial score (nSPS) is 12.7. The van der Waals surface area contributed by atoms with Crippen LogP contribution in [0.1, 0.15) is 28.0 Å². The fraction of sp³-hybridized carbons (Fsp3) is 0.143. The molecule has 2 N–H and O–H groups in total. The number of hydrogen-bond acceptors (Lipinski definition) is 5. The van der Waals surface area contributed by atoms with Crippen molar-refractivity contribution >= 4 is 27.7 Å². The Balaban J connectivity index is 1.60. The van der Waals surface area contributed by atoms with Gasteiger partial charge in [-0.05, 0) is 59.5 Å². The summed E-state index contributed by atoms with van der Waals surface area (Å²) < 4.78 is 7.54. The molecule has 150 valence electrons. The Labute approximate surface area is 179 Å². The van der Waals surface area contributed by atoms with Crippen LogP contribution in [0.2, 0.25) is 0 Å². The molecule has 0 saturated carbocycles. The van der Waals surface area contributed by atoms with E-state index >= 15 is 0 Å². The van der Waals surface area contributed by atoms with E-state index in [0.717, 1.165) is 30.5 Å². The molecule has 8 nitrogen and oxygen atoms in total. The van der Waals surface area contributed by atoms with Gasteiger partial charge >= 0.3 is 0 Å². The lowest BCUT2D eigenvalue weighted by Gasteiger charge is -2.10. The minimum atomic E-state index is -0.321. The van der Waals surface area contributed by atoms with Gasteiger partial charge in [-0.1, -0.05) is 12.1 Å². The summed E-state index contributed by atoms with van der Waals surface area (Å²) in [6, 6.07) is 12.3. The number of H-pyrrole nitrogens is 1. The fourth-order valence-corrected chi connectivity index (χ4v) is 4.00. The van der Waals surface area contributed by atoms with Crippen molar-refractivity contribution in [2.45, 2.75) is 19.3 Å². The van der Waals surface area contributed by atoms with Crippen molar-refractivity contribution in [3.05, 3.63) is 80.4 Å². The summed E-state index contributed by atoms with van der Waals surface area (Å²) in [4.78, 5) is 32.7. The fourth-order valence-electron chi connectivity index (χ4n) is 3.53. The number of benzene rings is 1. The Morgan fingerprint density at radius 3 is 2.87 bits per heavy atom. The standard InChI is InChI=1S/C21H16BrN5O3/c22-14-7-2-1-5-12(14)19(28)24-18-11-16(17-9-4-10-30-17)26-27(18)21-23-15-8-3-6-13(15)20(29)25-21/h1-2,4-5,7,9-11H,3,6,8H2,(H,24,28)(H,23,25,29). The van der Waals surface area contributed by atoms with E-state index in [1.165, 1.54) is 4.68 Å². The zero-order chi connectivity index (χ0) is 20.7. The lowest BCUT2D eigenvalue weighted by molar-refractivity contribution is 0.102. The van der Waals surface area contributed by atoms with E-state index < -0.39 is 0 Å². The van der Waals surface area contributed by atoms with Crippen molar-refractivity contribution in [2.75, 3.05) is 5.32 Å². The van der Waals surface area contributed by atoms with E-state index in [1.807, 2.05) is 6.07 Å². The van der Waals surface area contributed by atoms with E-state index in [2.05, 4.69) is 36.3 Å². The number of amides is 1. The Kier molecular flexibility index (Phi) is 4.59. The summed E-state index contributed by atoms with van der Waals surface area (Å²) in [5.41, 5.74) is 2.29. The summed E-state index contributed by atoms with van der Waals surface area (Å²) in [5, 5.41) is 7.39. The van der Waals surface area contributed by atoms with Crippen LogP contribution in [0.4, 0.5) is 5.82 Å². The number of carbonyl (C=O) groups excluding carboxylic acids is 1. The van der Waals surface area contributed by atoms with Crippen molar-refractivity contribution in [1.82, 2.24) is 19.7 Å². The Bertz CT molecular complexity index is 1310. The van der Waals surface area contributed by atoms with Gasteiger partial charge in [-0.2, -0.15) is 9.78 Å². The number of aryl methyl sites for hydroxylation is 1. The predicted molar refractivity (Wildman–Crippen MR) is 114 cm³/mol. The predicted octanol–water partition coefficient (Wildman–Crippen LogP) is 3.72. The van der Waals surface area contributed by atoms with Gasteiger partial charge < -0.3 is 9.73 Å². The molecule has 9 heteroatoms. The number of furan rings is 1. The van der Waals surface area contributed by atoms with Gasteiger partial charge in [0.1, 0.15) is 11.5 Å². The van der Waals surface area contributed by atoms with Crippen LogP contribution in [0.5, 0.6) is 0 Å². The highest BCUT2D eigenvalue weighted by Crippen LogP contribution is 2.26. The highest BCUT2D eigenvalue weighted by atomic mass is 79.9.